The SMILES string of the molecule is CC1NC(CCCCCCC(CO)CCC(O)CC(=O)O)CCC1O. The summed E-state index contributed by atoms with van der Waals surface area (Å²) in [7, 11) is 0. The molecule has 0 aromatic carbocycles. The molecule has 0 radical (unpaired) electrons. The molecule has 148 valence electrons. The van der Waals surface area contributed by atoms with Crippen LogP contribution in [0.2, 0.25) is 0 Å². The van der Waals surface area contributed by atoms with Crippen molar-refractivity contribution in [3.05, 3.63) is 0 Å². The van der Waals surface area contributed by atoms with Crippen molar-refractivity contribution in [1.29, 1.82) is 0 Å². The largest absolute Gasteiger partial charge is 0.481 e. The predicted molar refractivity (Wildman–Crippen MR) is 97.4 cm³/mol. The third-order valence-electron chi connectivity index (χ3n) is 5.38. The van der Waals surface area contributed by atoms with Crippen molar-refractivity contribution < 1.29 is 25.2 Å². The highest BCUT2D eigenvalue weighted by molar-refractivity contribution is 5.67. The zero-order valence-electron chi connectivity index (χ0n) is 15.6. The number of hydrogen-bond donors (Lipinski definition) is 5. The first kappa shape index (κ1) is 22.4. The van der Waals surface area contributed by atoms with Crippen LogP contribution in [-0.4, -0.2) is 57.3 Å². The minimum absolute atomic E-state index is 0.103. The molecule has 0 spiro atoms. The Morgan fingerprint density at radius 3 is 2.48 bits per heavy atom. The second-order valence-corrected chi connectivity index (χ2v) is 7.67. The number of unbranched alkanes of at least 4 members (excludes halogenated alkanes) is 3. The van der Waals surface area contributed by atoms with Crippen molar-refractivity contribution in [2.45, 2.75) is 102 Å². The summed E-state index contributed by atoms with van der Waals surface area (Å²) in [5.41, 5.74) is 0. The first-order chi connectivity index (χ1) is 11.9. The third-order valence-corrected chi connectivity index (χ3v) is 5.38. The fourth-order valence-corrected chi connectivity index (χ4v) is 3.65. The molecule has 0 saturated carbocycles. The van der Waals surface area contributed by atoms with E-state index in [-0.39, 0.29) is 31.1 Å². The van der Waals surface area contributed by atoms with Gasteiger partial charge in [-0.1, -0.05) is 25.7 Å². The van der Waals surface area contributed by atoms with E-state index in [0.29, 0.717) is 18.9 Å². The Balaban J connectivity index is 2.02. The van der Waals surface area contributed by atoms with Crippen LogP contribution in [0.25, 0.3) is 0 Å². The Morgan fingerprint density at radius 1 is 1.12 bits per heavy atom. The number of aliphatic hydroxyl groups is 3. The highest BCUT2D eigenvalue weighted by Crippen LogP contribution is 2.20. The molecule has 1 heterocycles. The molecule has 5 N–H and O–H groups in total. The van der Waals surface area contributed by atoms with Gasteiger partial charge in [0.2, 0.25) is 0 Å². The van der Waals surface area contributed by atoms with Crippen molar-refractivity contribution in [2.24, 2.45) is 5.92 Å². The lowest BCUT2D eigenvalue weighted by Gasteiger charge is -2.32. The Hall–Kier alpha value is -0.690. The number of carbonyl (C=O) groups is 1. The standard InChI is InChI=1S/C19H37NO5/c1-14-18(23)11-9-16(20-14)7-5-3-2-4-6-15(13-21)8-10-17(22)12-19(24)25/h14-18,20-23H,2-13H2,1H3,(H,24,25). The summed E-state index contributed by atoms with van der Waals surface area (Å²) in [5, 5.41) is 40.8. The van der Waals surface area contributed by atoms with Gasteiger partial charge in [-0.25, -0.2) is 0 Å². The molecule has 1 aliphatic heterocycles. The second-order valence-electron chi connectivity index (χ2n) is 7.67. The number of piperidine rings is 1. The van der Waals surface area contributed by atoms with Gasteiger partial charge in [-0.05, 0) is 51.4 Å². The van der Waals surface area contributed by atoms with Crippen LogP contribution in [0.1, 0.15) is 77.6 Å². The summed E-state index contributed by atoms with van der Waals surface area (Å²) >= 11 is 0. The first-order valence-electron chi connectivity index (χ1n) is 9.87. The number of carboxylic acid groups (broad SMARTS) is 1. The molecular formula is C19H37NO5. The number of rotatable bonds is 13. The summed E-state index contributed by atoms with van der Waals surface area (Å²) < 4.78 is 0. The Morgan fingerprint density at radius 2 is 1.84 bits per heavy atom. The van der Waals surface area contributed by atoms with Gasteiger partial charge in [0, 0.05) is 18.7 Å². The van der Waals surface area contributed by atoms with Gasteiger partial charge in [-0.2, -0.15) is 0 Å². The highest BCUT2D eigenvalue weighted by Gasteiger charge is 2.24. The van der Waals surface area contributed by atoms with E-state index in [1.54, 1.807) is 0 Å². The fraction of sp³-hybridized carbons (Fsp3) is 0.947. The Bertz CT molecular complexity index is 366. The topological polar surface area (TPSA) is 110 Å². The van der Waals surface area contributed by atoms with Crippen molar-refractivity contribution in [2.75, 3.05) is 6.61 Å². The number of aliphatic hydroxyl groups excluding tert-OH is 3. The maximum Gasteiger partial charge on any atom is 0.305 e. The maximum atomic E-state index is 10.5. The lowest BCUT2D eigenvalue weighted by atomic mass is 9.92. The van der Waals surface area contributed by atoms with Crippen LogP contribution in [0.5, 0.6) is 0 Å². The average molecular weight is 360 g/mol. The molecule has 1 aliphatic rings. The number of carboxylic acids is 1. The van der Waals surface area contributed by atoms with Crippen LogP contribution in [-0.2, 0) is 4.79 Å². The molecule has 1 fully saturated rings. The minimum atomic E-state index is -0.982. The van der Waals surface area contributed by atoms with E-state index in [2.05, 4.69) is 5.32 Å². The van der Waals surface area contributed by atoms with Crippen LogP contribution >= 0.6 is 0 Å². The van der Waals surface area contributed by atoms with Crippen LogP contribution in [0.3, 0.4) is 0 Å². The van der Waals surface area contributed by atoms with E-state index < -0.39 is 12.1 Å². The lowest BCUT2D eigenvalue weighted by molar-refractivity contribution is -0.139. The molecule has 5 unspecified atom stereocenters. The van der Waals surface area contributed by atoms with E-state index in [0.717, 1.165) is 38.5 Å². The van der Waals surface area contributed by atoms with Gasteiger partial charge in [0.1, 0.15) is 0 Å². The molecule has 0 bridgehead atoms. The lowest BCUT2D eigenvalue weighted by Crippen LogP contribution is -2.48. The van der Waals surface area contributed by atoms with Crippen molar-refractivity contribution in [1.82, 2.24) is 5.32 Å². The first-order valence-corrected chi connectivity index (χ1v) is 9.87. The molecule has 0 amide bonds. The Labute approximate surface area is 151 Å². The summed E-state index contributed by atoms with van der Waals surface area (Å²) in [6.45, 7) is 2.14. The molecular weight excluding hydrogens is 322 g/mol. The quantitative estimate of drug-likeness (QED) is 0.322. The molecule has 1 rings (SSSR count). The number of nitrogens with one attached hydrogen (secondary N) is 1. The average Bonchev–Trinajstić information content (AvgIpc) is 2.56. The van der Waals surface area contributed by atoms with Gasteiger partial charge >= 0.3 is 5.97 Å². The monoisotopic (exact) mass is 359 g/mol. The van der Waals surface area contributed by atoms with Crippen LogP contribution in [0.4, 0.5) is 0 Å². The van der Waals surface area contributed by atoms with Gasteiger partial charge in [0.05, 0.1) is 18.6 Å². The molecule has 5 atom stereocenters. The molecule has 25 heavy (non-hydrogen) atoms. The molecule has 0 aliphatic carbocycles. The summed E-state index contributed by atoms with van der Waals surface area (Å²) in [5.74, 6) is -0.824. The van der Waals surface area contributed by atoms with Crippen LogP contribution in [0.15, 0.2) is 0 Å². The maximum absolute atomic E-state index is 10.5. The smallest absolute Gasteiger partial charge is 0.305 e. The van der Waals surface area contributed by atoms with Crippen molar-refractivity contribution in [3.63, 3.8) is 0 Å². The summed E-state index contributed by atoms with van der Waals surface area (Å²) in [6, 6.07) is 0.722. The van der Waals surface area contributed by atoms with Gasteiger partial charge in [-0.15, -0.1) is 0 Å². The van der Waals surface area contributed by atoms with Crippen LogP contribution in [0, 0.1) is 5.92 Å². The zero-order valence-corrected chi connectivity index (χ0v) is 15.6. The molecule has 6 heteroatoms. The van der Waals surface area contributed by atoms with E-state index in [9.17, 15) is 20.1 Å². The van der Waals surface area contributed by atoms with Gasteiger partial charge < -0.3 is 25.7 Å². The molecule has 0 aromatic heterocycles. The number of aliphatic carboxylic acids is 1. The zero-order chi connectivity index (χ0) is 18.7. The van der Waals surface area contributed by atoms with E-state index in [4.69, 9.17) is 5.11 Å². The molecule has 6 nitrogen and oxygen atoms in total. The number of hydrogen-bond acceptors (Lipinski definition) is 5. The van der Waals surface area contributed by atoms with Gasteiger partial charge in [0.15, 0.2) is 0 Å². The predicted octanol–water partition coefficient (Wildman–Crippen LogP) is 2.05. The third kappa shape index (κ3) is 10.1. The summed E-state index contributed by atoms with van der Waals surface area (Å²) in [4.78, 5) is 10.5. The normalized spacial score (nSPS) is 26.3. The van der Waals surface area contributed by atoms with Gasteiger partial charge in [0.25, 0.3) is 0 Å². The Kier molecular flexibility index (Phi) is 11.3. The molecule has 0 aromatic rings. The van der Waals surface area contributed by atoms with Crippen LogP contribution < -0.4 is 5.32 Å². The second kappa shape index (κ2) is 12.6. The van der Waals surface area contributed by atoms with Gasteiger partial charge in [-0.3, -0.25) is 4.79 Å². The van der Waals surface area contributed by atoms with Crippen molar-refractivity contribution in [3.8, 4) is 0 Å². The molecule has 1 saturated heterocycles. The fourth-order valence-electron chi connectivity index (χ4n) is 3.65. The van der Waals surface area contributed by atoms with E-state index >= 15 is 0 Å². The van der Waals surface area contributed by atoms with E-state index in [1.165, 1.54) is 12.8 Å². The summed E-state index contributed by atoms with van der Waals surface area (Å²) in [6.07, 6.45) is 8.47. The minimum Gasteiger partial charge on any atom is -0.481 e. The highest BCUT2D eigenvalue weighted by atomic mass is 16.4. The van der Waals surface area contributed by atoms with E-state index in [1.807, 2.05) is 6.92 Å². The van der Waals surface area contributed by atoms with Crippen molar-refractivity contribution >= 4 is 5.97 Å².